The number of esters is 1. The van der Waals surface area contributed by atoms with Gasteiger partial charge in [0, 0.05) is 0 Å². The van der Waals surface area contributed by atoms with Crippen molar-refractivity contribution in [2.24, 2.45) is 5.92 Å². The number of ether oxygens (including phenoxy) is 1. The number of carbonyl (C=O) groups excluding carboxylic acids is 1. The van der Waals surface area contributed by atoms with Crippen LogP contribution in [0.1, 0.15) is 26.2 Å². The summed E-state index contributed by atoms with van der Waals surface area (Å²) < 4.78 is 5.09. The van der Waals surface area contributed by atoms with Gasteiger partial charge in [0.05, 0.1) is 12.5 Å². The molecule has 0 aromatic carbocycles. The van der Waals surface area contributed by atoms with Gasteiger partial charge in [-0.05, 0) is 6.42 Å². The van der Waals surface area contributed by atoms with Crippen LogP contribution in [0.2, 0.25) is 0 Å². The summed E-state index contributed by atoms with van der Waals surface area (Å²) in [5.74, 6) is -0.261. The Morgan fingerprint density at radius 2 is 2.00 bits per heavy atom. The van der Waals surface area contributed by atoms with E-state index in [0.29, 0.717) is 6.61 Å². The summed E-state index contributed by atoms with van der Waals surface area (Å²) >= 11 is 0. The first kappa shape index (κ1) is 10.0. The fourth-order valence-corrected chi connectivity index (χ4v) is 1.21. The lowest BCUT2D eigenvalue weighted by atomic mass is 10.2. The minimum absolute atomic E-state index is 0.124. The SMILES string of the molecule is CCCCCOC(=O)C1C=CC=C1. The Labute approximate surface area is 79.3 Å². The molecule has 0 saturated carbocycles. The number of unbranched alkanes of at least 4 members (excludes halogenated alkanes) is 2. The second-order valence-electron chi connectivity index (χ2n) is 3.17. The molecule has 0 N–H and O–H groups in total. The zero-order valence-electron chi connectivity index (χ0n) is 8.03. The number of rotatable bonds is 5. The fourth-order valence-electron chi connectivity index (χ4n) is 1.21. The van der Waals surface area contributed by atoms with Gasteiger partial charge in [-0.15, -0.1) is 0 Å². The van der Waals surface area contributed by atoms with Crippen LogP contribution in [0.15, 0.2) is 24.3 Å². The van der Waals surface area contributed by atoms with Crippen molar-refractivity contribution in [2.75, 3.05) is 6.61 Å². The molecule has 0 radical (unpaired) electrons. The van der Waals surface area contributed by atoms with Crippen LogP contribution in [-0.4, -0.2) is 12.6 Å². The Morgan fingerprint density at radius 3 is 2.62 bits per heavy atom. The summed E-state index contributed by atoms with van der Waals surface area (Å²) in [5, 5.41) is 0. The first-order chi connectivity index (χ1) is 6.34. The highest BCUT2D eigenvalue weighted by Crippen LogP contribution is 2.10. The molecule has 0 unspecified atom stereocenters. The number of allylic oxidation sites excluding steroid dienone is 2. The van der Waals surface area contributed by atoms with Gasteiger partial charge in [-0.2, -0.15) is 0 Å². The molecule has 0 aromatic rings. The molecule has 0 fully saturated rings. The molecule has 1 rings (SSSR count). The molecule has 1 aliphatic carbocycles. The molecule has 0 amide bonds. The number of carbonyl (C=O) groups is 1. The van der Waals surface area contributed by atoms with Gasteiger partial charge in [-0.1, -0.05) is 44.1 Å². The van der Waals surface area contributed by atoms with E-state index in [0.717, 1.165) is 19.3 Å². The second-order valence-corrected chi connectivity index (χ2v) is 3.17. The van der Waals surface area contributed by atoms with E-state index in [9.17, 15) is 4.79 Å². The molecule has 0 atom stereocenters. The Balaban J connectivity index is 2.11. The second kappa shape index (κ2) is 5.57. The minimum Gasteiger partial charge on any atom is -0.465 e. The maximum atomic E-state index is 11.3. The van der Waals surface area contributed by atoms with Crippen LogP contribution in [0, 0.1) is 5.92 Å². The molecule has 0 saturated heterocycles. The first-order valence-electron chi connectivity index (χ1n) is 4.86. The van der Waals surface area contributed by atoms with E-state index in [4.69, 9.17) is 4.74 Å². The van der Waals surface area contributed by atoms with E-state index < -0.39 is 0 Å². The van der Waals surface area contributed by atoms with Crippen LogP contribution < -0.4 is 0 Å². The third kappa shape index (κ3) is 3.45. The minimum atomic E-state index is -0.137. The molecule has 13 heavy (non-hydrogen) atoms. The van der Waals surface area contributed by atoms with Crippen LogP contribution in [0.5, 0.6) is 0 Å². The summed E-state index contributed by atoms with van der Waals surface area (Å²) in [6.45, 7) is 2.69. The normalized spacial score (nSPS) is 15.2. The molecule has 0 heterocycles. The highest BCUT2D eigenvalue weighted by molar-refractivity contribution is 5.77. The lowest BCUT2D eigenvalue weighted by Crippen LogP contribution is -2.13. The first-order valence-corrected chi connectivity index (χ1v) is 4.86. The maximum Gasteiger partial charge on any atom is 0.316 e. The van der Waals surface area contributed by atoms with Crippen LogP contribution in [0.25, 0.3) is 0 Å². The number of hydrogen-bond donors (Lipinski definition) is 0. The van der Waals surface area contributed by atoms with Gasteiger partial charge in [0.1, 0.15) is 0 Å². The Kier molecular flexibility index (Phi) is 4.30. The summed E-state index contributed by atoms with van der Waals surface area (Å²) in [6, 6.07) is 0. The van der Waals surface area contributed by atoms with Gasteiger partial charge in [0.15, 0.2) is 0 Å². The van der Waals surface area contributed by atoms with E-state index >= 15 is 0 Å². The average Bonchev–Trinajstić information content (AvgIpc) is 2.65. The highest BCUT2D eigenvalue weighted by atomic mass is 16.5. The van der Waals surface area contributed by atoms with Crippen LogP contribution in [0.4, 0.5) is 0 Å². The van der Waals surface area contributed by atoms with Crippen molar-refractivity contribution in [2.45, 2.75) is 26.2 Å². The van der Waals surface area contributed by atoms with Gasteiger partial charge < -0.3 is 4.74 Å². The van der Waals surface area contributed by atoms with Gasteiger partial charge in [0.2, 0.25) is 0 Å². The molecule has 2 nitrogen and oxygen atoms in total. The van der Waals surface area contributed by atoms with Crippen LogP contribution >= 0.6 is 0 Å². The Bertz CT molecular complexity index is 204. The lowest BCUT2D eigenvalue weighted by molar-refractivity contribution is -0.145. The molecule has 72 valence electrons. The van der Waals surface area contributed by atoms with Gasteiger partial charge in [0.25, 0.3) is 0 Å². The predicted octanol–water partition coefficient (Wildman–Crippen LogP) is 2.46. The zero-order chi connectivity index (χ0) is 9.52. The van der Waals surface area contributed by atoms with E-state index in [2.05, 4.69) is 6.92 Å². The molecule has 2 heteroatoms. The highest BCUT2D eigenvalue weighted by Gasteiger charge is 2.14. The van der Waals surface area contributed by atoms with E-state index in [1.54, 1.807) is 0 Å². The van der Waals surface area contributed by atoms with Crippen molar-refractivity contribution < 1.29 is 9.53 Å². The smallest absolute Gasteiger partial charge is 0.316 e. The van der Waals surface area contributed by atoms with Crippen LogP contribution in [0.3, 0.4) is 0 Å². The monoisotopic (exact) mass is 180 g/mol. The summed E-state index contributed by atoms with van der Waals surface area (Å²) in [7, 11) is 0. The third-order valence-electron chi connectivity index (χ3n) is 2.01. The Hall–Kier alpha value is -1.05. The molecule has 0 aromatic heterocycles. The average molecular weight is 180 g/mol. The van der Waals surface area contributed by atoms with E-state index in [1.807, 2.05) is 24.3 Å². The van der Waals surface area contributed by atoms with Crippen LogP contribution in [-0.2, 0) is 9.53 Å². The third-order valence-corrected chi connectivity index (χ3v) is 2.01. The predicted molar refractivity (Wildman–Crippen MR) is 52.3 cm³/mol. The molecule has 1 aliphatic rings. The summed E-state index contributed by atoms with van der Waals surface area (Å²) in [6.07, 6.45) is 10.7. The summed E-state index contributed by atoms with van der Waals surface area (Å²) in [4.78, 5) is 11.3. The van der Waals surface area contributed by atoms with Crippen molar-refractivity contribution in [3.8, 4) is 0 Å². The molecule has 0 aliphatic heterocycles. The van der Waals surface area contributed by atoms with Crippen molar-refractivity contribution >= 4 is 5.97 Å². The molecular formula is C11H16O2. The fraction of sp³-hybridized carbons (Fsp3) is 0.545. The standard InChI is InChI=1S/C11H16O2/c1-2-3-6-9-13-11(12)10-7-4-5-8-10/h4-5,7-8,10H,2-3,6,9H2,1H3. The Morgan fingerprint density at radius 1 is 1.31 bits per heavy atom. The van der Waals surface area contributed by atoms with Crippen molar-refractivity contribution in [1.82, 2.24) is 0 Å². The van der Waals surface area contributed by atoms with E-state index in [-0.39, 0.29) is 11.9 Å². The molecule has 0 spiro atoms. The summed E-state index contributed by atoms with van der Waals surface area (Å²) in [5.41, 5.74) is 0. The van der Waals surface area contributed by atoms with Gasteiger partial charge in [-0.25, -0.2) is 0 Å². The molecule has 0 bridgehead atoms. The van der Waals surface area contributed by atoms with Crippen molar-refractivity contribution in [1.29, 1.82) is 0 Å². The van der Waals surface area contributed by atoms with Gasteiger partial charge >= 0.3 is 5.97 Å². The topological polar surface area (TPSA) is 26.3 Å². The van der Waals surface area contributed by atoms with Crippen molar-refractivity contribution in [3.05, 3.63) is 24.3 Å². The van der Waals surface area contributed by atoms with Gasteiger partial charge in [-0.3, -0.25) is 4.79 Å². The molecular weight excluding hydrogens is 164 g/mol. The quantitative estimate of drug-likeness (QED) is 0.480. The zero-order valence-corrected chi connectivity index (χ0v) is 8.03. The van der Waals surface area contributed by atoms with E-state index in [1.165, 1.54) is 0 Å². The maximum absolute atomic E-state index is 11.3. The largest absolute Gasteiger partial charge is 0.465 e. The van der Waals surface area contributed by atoms with Crippen molar-refractivity contribution in [3.63, 3.8) is 0 Å². The lowest BCUT2D eigenvalue weighted by Gasteiger charge is -2.06. The number of hydrogen-bond acceptors (Lipinski definition) is 2.